The van der Waals surface area contributed by atoms with Gasteiger partial charge in [0.2, 0.25) is 0 Å². The van der Waals surface area contributed by atoms with Gasteiger partial charge in [-0.1, -0.05) is 42.5 Å². The van der Waals surface area contributed by atoms with Crippen LogP contribution in [-0.2, 0) is 6.18 Å². The minimum absolute atomic E-state index is 0.626. The predicted molar refractivity (Wildman–Crippen MR) is 82.6 cm³/mol. The lowest BCUT2D eigenvalue weighted by Gasteiger charge is -2.05. The van der Waals surface area contributed by atoms with Gasteiger partial charge in [0.1, 0.15) is 0 Å². The van der Waals surface area contributed by atoms with E-state index in [1.807, 2.05) is 42.5 Å². The van der Waals surface area contributed by atoms with Crippen LogP contribution in [0, 0.1) is 0 Å². The van der Waals surface area contributed by atoms with Crippen molar-refractivity contribution >= 4 is 22.7 Å². The third-order valence-corrected chi connectivity index (χ3v) is 3.33. The zero-order valence-corrected chi connectivity index (χ0v) is 11.5. The highest BCUT2D eigenvalue weighted by Crippen LogP contribution is 2.29. The van der Waals surface area contributed by atoms with E-state index >= 15 is 0 Å². The Morgan fingerprint density at radius 2 is 1.45 bits per heavy atom. The molecule has 3 aromatic carbocycles. The molecule has 0 aromatic heterocycles. The average molecular weight is 299 g/mol. The lowest BCUT2D eigenvalue weighted by atomic mass is 10.1. The smallest absolute Gasteiger partial charge is 0.256 e. The predicted octanol–water partition coefficient (Wildman–Crippen LogP) is 5.61. The number of rotatable bonds is 2. The zero-order valence-electron chi connectivity index (χ0n) is 11.5. The molecule has 1 nitrogen and oxygen atoms in total. The van der Waals surface area contributed by atoms with Crippen molar-refractivity contribution in [2.75, 3.05) is 0 Å². The molecular weight excluding hydrogens is 287 g/mol. The third kappa shape index (κ3) is 3.17. The molecule has 4 heteroatoms. The molecule has 22 heavy (non-hydrogen) atoms. The number of fused-ring (bicyclic) bond motifs is 1. The van der Waals surface area contributed by atoms with E-state index in [1.165, 1.54) is 12.1 Å². The fourth-order valence-corrected chi connectivity index (χ4v) is 2.16. The number of halogens is 3. The molecule has 3 rings (SSSR count). The maximum Gasteiger partial charge on any atom is 0.416 e. The minimum atomic E-state index is -4.31. The van der Waals surface area contributed by atoms with Crippen molar-refractivity contribution in [2.45, 2.75) is 6.18 Å². The van der Waals surface area contributed by atoms with Crippen molar-refractivity contribution in [1.29, 1.82) is 0 Å². The van der Waals surface area contributed by atoms with Crippen LogP contribution in [0.2, 0.25) is 0 Å². The molecule has 0 aliphatic rings. The van der Waals surface area contributed by atoms with Crippen LogP contribution in [-0.4, -0.2) is 6.21 Å². The Labute approximate surface area is 125 Å². The summed E-state index contributed by atoms with van der Waals surface area (Å²) in [5, 5.41) is 2.19. The van der Waals surface area contributed by atoms with Gasteiger partial charge < -0.3 is 0 Å². The van der Waals surface area contributed by atoms with Gasteiger partial charge in [-0.3, -0.25) is 4.99 Å². The molecule has 0 saturated heterocycles. The van der Waals surface area contributed by atoms with Gasteiger partial charge in [-0.2, -0.15) is 13.2 Å². The summed E-state index contributed by atoms with van der Waals surface area (Å²) in [5.74, 6) is 0. The van der Waals surface area contributed by atoms with E-state index in [2.05, 4.69) is 4.99 Å². The summed E-state index contributed by atoms with van der Waals surface area (Å²) < 4.78 is 37.5. The Bertz CT molecular complexity index is 818. The quantitative estimate of drug-likeness (QED) is 0.545. The fraction of sp³-hybridized carbons (Fsp3) is 0.0556. The first kappa shape index (κ1) is 14.3. The Morgan fingerprint density at radius 1 is 0.773 bits per heavy atom. The highest BCUT2D eigenvalue weighted by molar-refractivity contribution is 5.87. The zero-order chi connectivity index (χ0) is 15.6. The lowest BCUT2D eigenvalue weighted by molar-refractivity contribution is -0.137. The Hall–Kier alpha value is -2.62. The van der Waals surface area contributed by atoms with Crippen molar-refractivity contribution in [3.05, 3.63) is 77.9 Å². The van der Waals surface area contributed by atoms with Gasteiger partial charge in [-0.05, 0) is 40.6 Å². The van der Waals surface area contributed by atoms with Crippen LogP contribution in [0.5, 0.6) is 0 Å². The van der Waals surface area contributed by atoms with E-state index in [1.54, 1.807) is 6.21 Å². The van der Waals surface area contributed by atoms with E-state index in [0.717, 1.165) is 28.6 Å². The molecular formula is C18H12F3N. The van der Waals surface area contributed by atoms with E-state index in [0.29, 0.717) is 5.56 Å². The van der Waals surface area contributed by atoms with Gasteiger partial charge in [0.05, 0.1) is 11.3 Å². The molecule has 0 atom stereocenters. The summed E-state index contributed by atoms with van der Waals surface area (Å²) in [6.07, 6.45) is -2.75. The first-order chi connectivity index (χ1) is 10.5. The van der Waals surface area contributed by atoms with Gasteiger partial charge in [-0.15, -0.1) is 0 Å². The molecule has 0 unspecified atom stereocenters. The second-order valence-corrected chi connectivity index (χ2v) is 4.91. The van der Waals surface area contributed by atoms with Gasteiger partial charge in [0.15, 0.2) is 0 Å². The van der Waals surface area contributed by atoms with E-state index in [4.69, 9.17) is 0 Å². The number of alkyl halides is 3. The third-order valence-electron chi connectivity index (χ3n) is 3.33. The molecule has 0 amide bonds. The first-order valence-corrected chi connectivity index (χ1v) is 6.72. The van der Waals surface area contributed by atoms with E-state index in [-0.39, 0.29) is 0 Å². The molecule has 3 aromatic rings. The normalized spacial score (nSPS) is 12.1. The highest BCUT2D eigenvalue weighted by Gasteiger charge is 2.29. The van der Waals surface area contributed by atoms with E-state index in [9.17, 15) is 13.2 Å². The maximum atomic E-state index is 12.5. The number of hydrogen-bond donors (Lipinski definition) is 0. The molecule has 0 aliphatic heterocycles. The largest absolute Gasteiger partial charge is 0.416 e. The van der Waals surface area contributed by atoms with Crippen molar-refractivity contribution in [3.63, 3.8) is 0 Å². The van der Waals surface area contributed by atoms with E-state index < -0.39 is 11.7 Å². The molecule has 0 saturated carbocycles. The number of hydrogen-bond acceptors (Lipinski definition) is 1. The second kappa shape index (κ2) is 5.64. The van der Waals surface area contributed by atoms with Gasteiger partial charge in [-0.25, -0.2) is 0 Å². The molecule has 0 N–H and O–H groups in total. The monoisotopic (exact) mass is 299 g/mol. The molecule has 0 heterocycles. The Kier molecular flexibility index (Phi) is 3.67. The SMILES string of the molecule is FC(F)(F)c1ccc(C=Nc2ccc3ccccc3c2)cc1. The summed E-state index contributed by atoms with van der Waals surface area (Å²) >= 11 is 0. The molecule has 0 spiro atoms. The van der Waals surface area contributed by atoms with Crippen LogP contribution in [0.1, 0.15) is 11.1 Å². The topological polar surface area (TPSA) is 12.4 Å². The maximum absolute atomic E-state index is 12.5. The average Bonchev–Trinajstić information content (AvgIpc) is 2.52. The fourth-order valence-electron chi connectivity index (χ4n) is 2.16. The van der Waals surface area contributed by atoms with Crippen LogP contribution < -0.4 is 0 Å². The van der Waals surface area contributed by atoms with Crippen LogP contribution in [0.15, 0.2) is 71.7 Å². The molecule has 0 radical (unpaired) electrons. The van der Waals surface area contributed by atoms with Crippen molar-refractivity contribution in [3.8, 4) is 0 Å². The second-order valence-electron chi connectivity index (χ2n) is 4.91. The van der Waals surface area contributed by atoms with Gasteiger partial charge in [0.25, 0.3) is 0 Å². The van der Waals surface area contributed by atoms with Crippen molar-refractivity contribution in [1.82, 2.24) is 0 Å². The number of aliphatic imine (C=N–C) groups is 1. The summed E-state index contributed by atoms with van der Waals surface area (Å²) in [4.78, 5) is 4.31. The standard InChI is InChI=1S/C18H12F3N/c19-18(20,21)16-8-5-13(6-9-16)12-22-17-10-7-14-3-1-2-4-15(14)11-17/h1-12H. The van der Waals surface area contributed by atoms with Crippen LogP contribution in [0.3, 0.4) is 0 Å². The molecule has 0 aliphatic carbocycles. The van der Waals surface area contributed by atoms with Crippen LogP contribution in [0.4, 0.5) is 18.9 Å². The lowest BCUT2D eigenvalue weighted by Crippen LogP contribution is -2.04. The highest BCUT2D eigenvalue weighted by atomic mass is 19.4. The van der Waals surface area contributed by atoms with Crippen molar-refractivity contribution in [2.24, 2.45) is 4.99 Å². The number of nitrogens with zero attached hydrogens (tertiary/aromatic N) is 1. The van der Waals surface area contributed by atoms with Crippen LogP contribution >= 0.6 is 0 Å². The summed E-state index contributed by atoms with van der Waals surface area (Å²) in [6, 6.07) is 18.6. The Balaban J connectivity index is 1.83. The molecule has 0 fully saturated rings. The number of benzene rings is 3. The van der Waals surface area contributed by atoms with Crippen molar-refractivity contribution < 1.29 is 13.2 Å². The summed E-state index contributed by atoms with van der Waals surface area (Å²) in [7, 11) is 0. The summed E-state index contributed by atoms with van der Waals surface area (Å²) in [5.41, 5.74) is 0.732. The Morgan fingerprint density at radius 3 is 2.14 bits per heavy atom. The minimum Gasteiger partial charge on any atom is -0.256 e. The molecule has 0 bridgehead atoms. The van der Waals surface area contributed by atoms with Gasteiger partial charge in [0, 0.05) is 6.21 Å². The van der Waals surface area contributed by atoms with Crippen LogP contribution in [0.25, 0.3) is 10.8 Å². The first-order valence-electron chi connectivity index (χ1n) is 6.72. The molecule has 110 valence electrons. The summed E-state index contributed by atoms with van der Waals surface area (Å²) in [6.45, 7) is 0. The van der Waals surface area contributed by atoms with Gasteiger partial charge >= 0.3 is 6.18 Å².